The summed E-state index contributed by atoms with van der Waals surface area (Å²) in [4.78, 5) is 0. The molecule has 0 aliphatic rings. The zero-order chi connectivity index (χ0) is 12.9. The fourth-order valence-corrected chi connectivity index (χ4v) is 2.24. The maximum atomic E-state index is 6.02. The van der Waals surface area contributed by atoms with Gasteiger partial charge in [-0.05, 0) is 43.0 Å². The van der Waals surface area contributed by atoms with Crippen LogP contribution in [0.1, 0.15) is 51.6 Å². The van der Waals surface area contributed by atoms with Gasteiger partial charge >= 0.3 is 0 Å². The van der Waals surface area contributed by atoms with Gasteiger partial charge in [-0.3, -0.25) is 0 Å². The predicted octanol–water partition coefficient (Wildman–Crippen LogP) is 4.82. The second kappa shape index (κ2) is 6.42. The van der Waals surface area contributed by atoms with Crippen LogP contribution < -0.4 is 5.32 Å². The van der Waals surface area contributed by atoms with E-state index in [4.69, 9.17) is 11.6 Å². The van der Waals surface area contributed by atoms with E-state index in [2.05, 4.69) is 38.2 Å². The smallest absolute Gasteiger partial charge is 0.0409 e. The van der Waals surface area contributed by atoms with E-state index in [1.54, 1.807) is 0 Å². The molecule has 0 bridgehead atoms. The van der Waals surface area contributed by atoms with Crippen molar-refractivity contribution in [3.05, 3.63) is 34.9 Å². The normalized spacial score (nSPS) is 13.7. The summed E-state index contributed by atoms with van der Waals surface area (Å²) >= 11 is 6.02. The molecule has 0 amide bonds. The van der Waals surface area contributed by atoms with Crippen molar-refractivity contribution in [2.24, 2.45) is 5.41 Å². The van der Waals surface area contributed by atoms with Gasteiger partial charge in [-0.2, -0.15) is 0 Å². The minimum atomic E-state index is 0.413. The summed E-state index contributed by atoms with van der Waals surface area (Å²) in [5, 5.41) is 4.19. The number of hydrogen-bond donors (Lipinski definition) is 1. The zero-order valence-electron chi connectivity index (χ0n) is 11.4. The summed E-state index contributed by atoms with van der Waals surface area (Å²) in [5.41, 5.74) is 1.71. The van der Waals surface area contributed by atoms with Crippen LogP contribution in [0, 0.1) is 5.41 Å². The molecule has 1 rings (SSSR count). The average Bonchev–Trinajstić information content (AvgIpc) is 2.23. The molecule has 1 nitrogen and oxygen atoms in total. The number of hydrogen-bond acceptors (Lipinski definition) is 1. The van der Waals surface area contributed by atoms with Crippen molar-refractivity contribution in [2.45, 2.75) is 46.1 Å². The molecule has 96 valence electrons. The van der Waals surface area contributed by atoms with Gasteiger partial charge in [0, 0.05) is 11.1 Å². The van der Waals surface area contributed by atoms with Crippen LogP contribution in [0.2, 0.25) is 5.02 Å². The van der Waals surface area contributed by atoms with E-state index in [9.17, 15) is 0 Å². The van der Waals surface area contributed by atoms with E-state index >= 15 is 0 Å². The lowest BCUT2D eigenvalue weighted by molar-refractivity contribution is 0.347. The molecule has 0 fully saturated rings. The number of nitrogens with one attached hydrogen (secondary N) is 1. The Balaban J connectivity index is 2.54. The third-order valence-electron chi connectivity index (χ3n) is 3.02. The number of benzene rings is 1. The van der Waals surface area contributed by atoms with E-state index < -0.39 is 0 Å². The van der Waals surface area contributed by atoms with E-state index in [0.29, 0.717) is 11.5 Å². The topological polar surface area (TPSA) is 12.0 Å². The van der Waals surface area contributed by atoms with Crippen molar-refractivity contribution in [3.8, 4) is 0 Å². The second-order valence-corrected chi connectivity index (χ2v) is 6.29. The highest BCUT2D eigenvalue weighted by Crippen LogP contribution is 2.26. The molecule has 1 N–H and O–H groups in total. The minimum absolute atomic E-state index is 0.413. The lowest BCUT2D eigenvalue weighted by Gasteiger charge is -2.21. The summed E-state index contributed by atoms with van der Waals surface area (Å²) in [6.07, 6.45) is 3.65. The van der Waals surface area contributed by atoms with E-state index in [1.807, 2.05) is 19.2 Å². The molecule has 2 heteroatoms. The Kier molecular flexibility index (Phi) is 5.48. The summed E-state index contributed by atoms with van der Waals surface area (Å²) in [6, 6.07) is 8.55. The molecule has 0 saturated carbocycles. The third kappa shape index (κ3) is 5.56. The molecule has 1 aromatic rings. The Morgan fingerprint density at radius 3 is 2.53 bits per heavy atom. The molecule has 17 heavy (non-hydrogen) atoms. The largest absolute Gasteiger partial charge is 0.313 e. The first kappa shape index (κ1) is 14.5. The Morgan fingerprint density at radius 1 is 1.29 bits per heavy atom. The van der Waals surface area contributed by atoms with Gasteiger partial charge in [-0.15, -0.1) is 0 Å². The van der Waals surface area contributed by atoms with Gasteiger partial charge in [0.25, 0.3) is 0 Å². The Bertz CT molecular complexity index is 341. The Labute approximate surface area is 111 Å². The van der Waals surface area contributed by atoms with Crippen molar-refractivity contribution in [2.75, 3.05) is 7.05 Å². The van der Waals surface area contributed by atoms with E-state index in [-0.39, 0.29) is 0 Å². The van der Waals surface area contributed by atoms with E-state index in [0.717, 1.165) is 11.4 Å². The van der Waals surface area contributed by atoms with Crippen LogP contribution in [0.25, 0.3) is 0 Å². The molecule has 0 saturated heterocycles. The average molecular weight is 254 g/mol. The summed E-state index contributed by atoms with van der Waals surface area (Å²) in [5.74, 6) is 0. The molecule has 0 spiro atoms. The first-order valence-corrected chi connectivity index (χ1v) is 6.73. The monoisotopic (exact) mass is 253 g/mol. The highest BCUT2D eigenvalue weighted by Gasteiger charge is 2.13. The quantitative estimate of drug-likeness (QED) is 0.794. The molecule has 0 radical (unpaired) electrons. The van der Waals surface area contributed by atoms with Crippen LogP contribution in [0.3, 0.4) is 0 Å². The number of halogens is 1. The Hall–Kier alpha value is -0.530. The summed E-state index contributed by atoms with van der Waals surface area (Å²) < 4.78 is 0. The highest BCUT2D eigenvalue weighted by molar-refractivity contribution is 6.30. The molecular weight excluding hydrogens is 230 g/mol. The third-order valence-corrected chi connectivity index (χ3v) is 3.25. The Morgan fingerprint density at radius 2 is 2.00 bits per heavy atom. The first-order valence-electron chi connectivity index (χ1n) is 6.35. The lowest BCUT2D eigenvalue weighted by atomic mass is 9.88. The summed E-state index contributed by atoms with van der Waals surface area (Å²) in [6.45, 7) is 6.88. The summed E-state index contributed by atoms with van der Waals surface area (Å²) in [7, 11) is 2.02. The molecule has 0 heterocycles. The SMILES string of the molecule is CNC(CCCC(C)(C)C)c1cccc(Cl)c1. The zero-order valence-corrected chi connectivity index (χ0v) is 12.1. The molecular formula is C15H24ClN. The number of rotatable bonds is 5. The van der Waals surface area contributed by atoms with Gasteiger partial charge in [-0.25, -0.2) is 0 Å². The van der Waals surface area contributed by atoms with E-state index in [1.165, 1.54) is 18.4 Å². The fourth-order valence-electron chi connectivity index (χ4n) is 2.04. The van der Waals surface area contributed by atoms with Gasteiger partial charge in [0.15, 0.2) is 0 Å². The fraction of sp³-hybridized carbons (Fsp3) is 0.600. The molecule has 0 aromatic heterocycles. The minimum Gasteiger partial charge on any atom is -0.313 e. The van der Waals surface area contributed by atoms with Crippen molar-refractivity contribution in [3.63, 3.8) is 0 Å². The van der Waals surface area contributed by atoms with Crippen molar-refractivity contribution >= 4 is 11.6 Å². The van der Waals surface area contributed by atoms with Crippen LogP contribution in [0.15, 0.2) is 24.3 Å². The standard InChI is InChI=1S/C15H24ClN/c1-15(2,3)10-6-9-14(17-4)12-7-5-8-13(16)11-12/h5,7-8,11,14,17H,6,9-10H2,1-4H3. The molecule has 0 aliphatic heterocycles. The highest BCUT2D eigenvalue weighted by atomic mass is 35.5. The van der Waals surface area contributed by atoms with Crippen LogP contribution in [0.4, 0.5) is 0 Å². The second-order valence-electron chi connectivity index (χ2n) is 5.85. The van der Waals surface area contributed by atoms with Crippen LogP contribution >= 0.6 is 11.6 Å². The predicted molar refractivity (Wildman–Crippen MR) is 76.6 cm³/mol. The van der Waals surface area contributed by atoms with Gasteiger partial charge in [0.2, 0.25) is 0 Å². The van der Waals surface area contributed by atoms with Crippen molar-refractivity contribution in [1.82, 2.24) is 5.32 Å². The lowest BCUT2D eigenvalue weighted by Crippen LogP contribution is -2.17. The van der Waals surface area contributed by atoms with Crippen LogP contribution in [-0.4, -0.2) is 7.05 Å². The maximum Gasteiger partial charge on any atom is 0.0409 e. The maximum absolute atomic E-state index is 6.02. The first-order chi connectivity index (χ1) is 7.92. The molecule has 1 atom stereocenters. The van der Waals surface area contributed by atoms with Gasteiger partial charge in [0.05, 0.1) is 0 Å². The molecule has 1 unspecified atom stereocenters. The molecule has 1 aromatic carbocycles. The van der Waals surface area contributed by atoms with Crippen molar-refractivity contribution in [1.29, 1.82) is 0 Å². The van der Waals surface area contributed by atoms with Gasteiger partial charge < -0.3 is 5.32 Å². The van der Waals surface area contributed by atoms with Crippen LogP contribution in [-0.2, 0) is 0 Å². The van der Waals surface area contributed by atoms with Gasteiger partial charge in [0.1, 0.15) is 0 Å². The molecule has 0 aliphatic carbocycles. The van der Waals surface area contributed by atoms with Gasteiger partial charge in [-0.1, -0.05) is 50.9 Å². The van der Waals surface area contributed by atoms with Crippen molar-refractivity contribution < 1.29 is 0 Å². The van der Waals surface area contributed by atoms with Crippen LogP contribution in [0.5, 0.6) is 0 Å².